The van der Waals surface area contributed by atoms with Crippen LogP contribution >= 0.6 is 0 Å². The number of hydrogen-bond acceptors (Lipinski definition) is 3. The van der Waals surface area contributed by atoms with Crippen LogP contribution in [0.1, 0.15) is 18.9 Å². The van der Waals surface area contributed by atoms with Gasteiger partial charge in [0.2, 0.25) is 11.8 Å². The Kier molecular flexibility index (Phi) is 7.52. The molecule has 0 saturated heterocycles. The van der Waals surface area contributed by atoms with Crippen molar-refractivity contribution >= 4 is 11.8 Å². The summed E-state index contributed by atoms with van der Waals surface area (Å²) in [7, 11) is 3.87. The van der Waals surface area contributed by atoms with Gasteiger partial charge in [-0.15, -0.1) is 0 Å². The molecule has 0 radical (unpaired) electrons. The molecule has 1 rings (SSSR count). The number of nitrogens with one attached hydrogen (secondary N) is 1. The number of likely N-dealkylation sites (N-methyl/N-ethyl adjacent to an activating group) is 1. The first-order valence-electron chi connectivity index (χ1n) is 7.30. The van der Waals surface area contributed by atoms with Crippen molar-refractivity contribution in [1.29, 1.82) is 0 Å². The first-order chi connectivity index (χ1) is 10.4. The van der Waals surface area contributed by atoms with Gasteiger partial charge in [-0.2, -0.15) is 0 Å². The molecule has 0 aromatic heterocycles. The van der Waals surface area contributed by atoms with Crippen LogP contribution in [0.4, 0.5) is 4.39 Å². The van der Waals surface area contributed by atoms with E-state index in [4.69, 9.17) is 0 Å². The van der Waals surface area contributed by atoms with E-state index in [0.717, 1.165) is 12.1 Å². The van der Waals surface area contributed by atoms with Crippen LogP contribution in [0.15, 0.2) is 24.3 Å². The zero-order valence-electron chi connectivity index (χ0n) is 13.4. The third-order valence-corrected chi connectivity index (χ3v) is 3.22. The Morgan fingerprint density at radius 1 is 1.14 bits per heavy atom. The second-order valence-electron chi connectivity index (χ2n) is 5.47. The predicted molar refractivity (Wildman–Crippen MR) is 83.7 cm³/mol. The molecule has 0 bridgehead atoms. The maximum absolute atomic E-state index is 12.9. The van der Waals surface area contributed by atoms with E-state index in [-0.39, 0.29) is 24.1 Å². The molecule has 122 valence electrons. The number of amides is 2. The summed E-state index contributed by atoms with van der Waals surface area (Å²) < 4.78 is 12.9. The number of carbonyl (C=O) groups is 2. The Bertz CT molecular complexity index is 489. The molecule has 1 aromatic rings. The first kappa shape index (κ1) is 18.1. The van der Waals surface area contributed by atoms with E-state index in [1.807, 2.05) is 19.0 Å². The maximum Gasteiger partial charge on any atom is 0.221 e. The first-order valence-corrected chi connectivity index (χ1v) is 7.30. The summed E-state index contributed by atoms with van der Waals surface area (Å²) in [6, 6.07) is 6.01. The molecule has 0 heterocycles. The second-order valence-corrected chi connectivity index (χ2v) is 5.47. The number of nitrogens with zero attached hydrogens (tertiary/aromatic N) is 2. The Hall–Kier alpha value is -1.95. The van der Waals surface area contributed by atoms with Crippen molar-refractivity contribution < 1.29 is 14.0 Å². The highest BCUT2D eigenvalue weighted by Gasteiger charge is 2.11. The zero-order chi connectivity index (χ0) is 16.5. The predicted octanol–water partition coefficient (Wildman–Crippen LogP) is 1.24. The molecule has 1 aromatic carbocycles. The summed E-state index contributed by atoms with van der Waals surface area (Å²) in [5.74, 6) is -0.490. The maximum atomic E-state index is 12.9. The van der Waals surface area contributed by atoms with Crippen LogP contribution in [0.5, 0.6) is 0 Å². The molecule has 0 aliphatic rings. The van der Waals surface area contributed by atoms with Gasteiger partial charge < -0.3 is 15.1 Å². The van der Waals surface area contributed by atoms with Gasteiger partial charge in [-0.25, -0.2) is 4.39 Å². The minimum absolute atomic E-state index is 0.0767. The third-order valence-electron chi connectivity index (χ3n) is 3.22. The van der Waals surface area contributed by atoms with Gasteiger partial charge in [-0.3, -0.25) is 9.59 Å². The highest BCUT2D eigenvalue weighted by atomic mass is 19.1. The highest BCUT2D eigenvalue weighted by molar-refractivity contribution is 5.78. The van der Waals surface area contributed by atoms with E-state index in [1.165, 1.54) is 19.1 Å². The summed E-state index contributed by atoms with van der Waals surface area (Å²) in [6.45, 7) is 3.55. The smallest absolute Gasteiger partial charge is 0.221 e. The summed E-state index contributed by atoms with van der Waals surface area (Å²) in [5, 5.41) is 2.81. The summed E-state index contributed by atoms with van der Waals surface area (Å²) in [4.78, 5) is 26.9. The van der Waals surface area contributed by atoms with Gasteiger partial charge in [0.05, 0.1) is 0 Å². The van der Waals surface area contributed by atoms with Crippen LogP contribution in [0.3, 0.4) is 0 Å². The molecule has 0 unspecified atom stereocenters. The molecule has 1 N–H and O–H groups in total. The van der Waals surface area contributed by atoms with E-state index in [9.17, 15) is 14.0 Å². The Balaban J connectivity index is 2.42. The number of halogens is 1. The lowest BCUT2D eigenvalue weighted by molar-refractivity contribution is -0.130. The van der Waals surface area contributed by atoms with Crippen LogP contribution in [-0.4, -0.2) is 55.3 Å². The average Bonchev–Trinajstić information content (AvgIpc) is 2.44. The molecule has 0 fully saturated rings. The average molecular weight is 309 g/mol. The van der Waals surface area contributed by atoms with Crippen molar-refractivity contribution in [2.24, 2.45) is 0 Å². The van der Waals surface area contributed by atoms with Crippen molar-refractivity contribution in [2.75, 3.05) is 33.7 Å². The van der Waals surface area contributed by atoms with E-state index < -0.39 is 0 Å². The molecular weight excluding hydrogens is 285 g/mol. The Morgan fingerprint density at radius 2 is 1.77 bits per heavy atom. The van der Waals surface area contributed by atoms with Gasteiger partial charge in [0.1, 0.15) is 5.82 Å². The molecule has 6 heteroatoms. The summed E-state index contributed by atoms with van der Waals surface area (Å²) in [5.41, 5.74) is 0.838. The molecular formula is C16H24FN3O2. The fourth-order valence-corrected chi connectivity index (χ4v) is 1.90. The van der Waals surface area contributed by atoms with Gasteiger partial charge in [-0.1, -0.05) is 12.1 Å². The molecule has 5 nitrogen and oxygen atoms in total. The monoisotopic (exact) mass is 309 g/mol. The number of carbonyl (C=O) groups excluding carboxylic acids is 2. The lowest BCUT2D eigenvalue weighted by atomic mass is 10.2. The second kappa shape index (κ2) is 9.15. The minimum atomic E-state index is -0.307. The third kappa shape index (κ3) is 7.17. The molecule has 0 saturated carbocycles. The van der Waals surface area contributed by atoms with Crippen molar-refractivity contribution in [1.82, 2.24) is 15.1 Å². The normalized spacial score (nSPS) is 10.6. The lowest BCUT2D eigenvalue weighted by Gasteiger charge is -2.21. The fourth-order valence-electron chi connectivity index (χ4n) is 1.90. The van der Waals surface area contributed by atoms with Gasteiger partial charge in [0, 0.05) is 39.5 Å². The van der Waals surface area contributed by atoms with E-state index in [1.54, 1.807) is 17.0 Å². The summed E-state index contributed by atoms with van der Waals surface area (Å²) in [6.07, 6.45) is 0.258. The minimum Gasteiger partial charge on any atom is -0.355 e. The van der Waals surface area contributed by atoms with Crippen molar-refractivity contribution in [3.8, 4) is 0 Å². The Morgan fingerprint density at radius 3 is 2.32 bits per heavy atom. The number of rotatable bonds is 8. The molecule has 0 spiro atoms. The standard InChI is InChI=1S/C16H24FN3O2/c1-13(21)20(12-14-4-6-15(17)7-5-14)10-8-16(22)18-9-11-19(2)3/h4-7H,8-12H2,1-3H3,(H,18,22). The molecule has 0 aliphatic carbocycles. The van der Waals surface area contributed by atoms with Crippen LogP contribution in [0.2, 0.25) is 0 Å². The quantitative estimate of drug-likeness (QED) is 0.786. The van der Waals surface area contributed by atoms with Crippen molar-refractivity contribution in [2.45, 2.75) is 19.9 Å². The molecule has 2 amide bonds. The van der Waals surface area contributed by atoms with Crippen molar-refractivity contribution in [3.63, 3.8) is 0 Å². The Labute approximate surface area is 131 Å². The number of hydrogen-bond donors (Lipinski definition) is 1. The van der Waals surface area contributed by atoms with Crippen LogP contribution in [-0.2, 0) is 16.1 Å². The SMILES string of the molecule is CC(=O)N(CCC(=O)NCCN(C)C)Cc1ccc(F)cc1. The number of benzene rings is 1. The molecule has 0 aliphatic heterocycles. The largest absolute Gasteiger partial charge is 0.355 e. The lowest BCUT2D eigenvalue weighted by Crippen LogP contribution is -2.35. The van der Waals surface area contributed by atoms with Gasteiger partial charge in [-0.05, 0) is 31.8 Å². The fraction of sp³-hybridized carbons (Fsp3) is 0.500. The highest BCUT2D eigenvalue weighted by Crippen LogP contribution is 2.07. The summed E-state index contributed by atoms with van der Waals surface area (Å²) >= 11 is 0. The van der Waals surface area contributed by atoms with Crippen molar-refractivity contribution in [3.05, 3.63) is 35.6 Å². The van der Waals surface area contributed by atoms with E-state index in [2.05, 4.69) is 5.32 Å². The molecule has 0 atom stereocenters. The van der Waals surface area contributed by atoms with Crippen LogP contribution < -0.4 is 5.32 Å². The van der Waals surface area contributed by atoms with Gasteiger partial charge >= 0.3 is 0 Å². The zero-order valence-corrected chi connectivity index (χ0v) is 13.4. The van der Waals surface area contributed by atoms with Gasteiger partial charge in [0.25, 0.3) is 0 Å². The van der Waals surface area contributed by atoms with Crippen LogP contribution in [0, 0.1) is 5.82 Å². The van der Waals surface area contributed by atoms with E-state index >= 15 is 0 Å². The van der Waals surface area contributed by atoms with Crippen LogP contribution in [0.25, 0.3) is 0 Å². The topological polar surface area (TPSA) is 52.7 Å². The van der Waals surface area contributed by atoms with Gasteiger partial charge in [0.15, 0.2) is 0 Å². The molecule has 22 heavy (non-hydrogen) atoms. The van der Waals surface area contributed by atoms with E-state index in [0.29, 0.717) is 19.6 Å².